The summed E-state index contributed by atoms with van der Waals surface area (Å²) in [5.41, 5.74) is 3.22. The lowest BCUT2D eigenvalue weighted by atomic mass is 9.58. The average Bonchev–Trinajstić information content (AvgIpc) is 2.88. The van der Waals surface area contributed by atoms with Gasteiger partial charge in [0.2, 0.25) is 0 Å². The van der Waals surface area contributed by atoms with Gasteiger partial charge in [0.15, 0.2) is 11.5 Å². The Balaban J connectivity index is 1.85. The van der Waals surface area contributed by atoms with Gasteiger partial charge < -0.3 is 9.32 Å². The molecule has 0 radical (unpaired) electrons. The molecule has 2 bridgehead atoms. The third kappa shape index (κ3) is 2.20. The Morgan fingerprint density at radius 1 is 1.40 bits per heavy atom. The summed E-state index contributed by atoms with van der Waals surface area (Å²) in [6.45, 7) is 5.90. The molecule has 2 aliphatic rings. The number of aryl methyl sites for hydroxylation is 1. The number of nitrogens with zero attached hydrogens (tertiary/aromatic N) is 2. The first-order chi connectivity index (χ1) is 11.6. The number of aromatic nitrogens is 1. The molecule has 134 valence electrons. The van der Waals surface area contributed by atoms with E-state index in [0.717, 1.165) is 21.5 Å². The topological polar surface area (TPSA) is 46.3 Å². The number of alkyl halides is 3. The zero-order chi connectivity index (χ0) is 18.1. The molecule has 4 rings (SSSR count). The third-order valence-corrected chi connectivity index (χ3v) is 6.11. The number of rotatable bonds is 0. The molecule has 3 atom stereocenters. The molecular weight excluding hydrogens is 333 g/mol. The van der Waals surface area contributed by atoms with E-state index in [1.165, 1.54) is 0 Å². The Kier molecular flexibility index (Phi) is 3.28. The second kappa shape index (κ2) is 4.99. The Hall–Kier alpha value is -2.05. The number of hydrogen-bond donors (Lipinski definition) is 0. The van der Waals surface area contributed by atoms with Gasteiger partial charge in [-0.2, -0.15) is 13.2 Å². The van der Waals surface area contributed by atoms with E-state index in [9.17, 15) is 18.0 Å². The van der Waals surface area contributed by atoms with Crippen molar-refractivity contribution >= 4 is 17.0 Å². The van der Waals surface area contributed by atoms with E-state index >= 15 is 0 Å². The Labute approximate surface area is 143 Å². The van der Waals surface area contributed by atoms with Crippen molar-refractivity contribution < 1.29 is 22.4 Å². The number of benzene rings is 1. The molecule has 7 heteroatoms. The van der Waals surface area contributed by atoms with Crippen molar-refractivity contribution in [3.8, 4) is 0 Å². The first kappa shape index (κ1) is 16.4. The number of halogens is 3. The van der Waals surface area contributed by atoms with Crippen LogP contribution in [0.15, 0.2) is 16.5 Å². The molecule has 0 spiro atoms. The highest BCUT2D eigenvalue weighted by atomic mass is 19.4. The molecule has 4 nitrogen and oxygen atoms in total. The van der Waals surface area contributed by atoms with Crippen LogP contribution in [0.2, 0.25) is 0 Å². The van der Waals surface area contributed by atoms with Crippen LogP contribution < -0.4 is 0 Å². The molecule has 25 heavy (non-hydrogen) atoms. The summed E-state index contributed by atoms with van der Waals surface area (Å²) in [5, 5.41) is 0. The molecule has 2 aromatic rings. The molecule has 0 N–H and O–H groups in total. The van der Waals surface area contributed by atoms with Gasteiger partial charge in [-0.05, 0) is 36.0 Å². The van der Waals surface area contributed by atoms with E-state index in [4.69, 9.17) is 4.42 Å². The SMILES string of the molecule is Cc1nc2c3c(ccc2o1)C[C@@H]1[C@@H](C)[C@@]3(C)CCN1C(=O)C(F)(F)F. The monoisotopic (exact) mass is 352 g/mol. The minimum absolute atomic E-state index is 0.0948. The van der Waals surface area contributed by atoms with Crippen molar-refractivity contribution in [3.63, 3.8) is 0 Å². The van der Waals surface area contributed by atoms with Gasteiger partial charge in [-0.3, -0.25) is 4.79 Å². The summed E-state index contributed by atoms with van der Waals surface area (Å²) in [6.07, 6.45) is -3.94. The van der Waals surface area contributed by atoms with Gasteiger partial charge >= 0.3 is 12.1 Å². The molecule has 1 amide bonds. The number of hydrogen-bond acceptors (Lipinski definition) is 3. The van der Waals surface area contributed by atoms with Crippen molar-refractivity contribution in [2.75, 3.05) is 6.54 Å². The predicted octanol–water partition coefficient (Wildman–Crippen LogP) is 3.75. The minimum Gasteiger partial charge on any atom is -0.441 e. The predicted molar refractivity (Wildman–Crippen MR) is 85.1 cm³/mol. The van der Waals surface area contributed by atoms with Gasteiger partial charge in [0.25, 0.3) is 0 Å². The van der Waals surface area contributed by atoms with E-state index in [1.54, 1.807) is 6.92 Å². The molecule has 1 aliphatic heterocycles. The molecular formula is C18H19F3N2O2. The summed E-state index contributed by atoms with van der Waals surface area (Å²) in [4.78, 5) is 17.4. The Morgan fingerprint density at radius 2 is 2.12 bits per heavy atom. The van der Waals surface area contributed by atoms with Crippen LogP contribution in [0.5, 0.6) is 0 Å². The highest BCUT2D eigenvalue weighted by Crippen LogP contribution is 2.51. The number of fused-ring (bicyclic) bond motifs is 6. The normalized spacial score (nSPS) is 29.0. The first-order valence-electron chi connectivity index (χ1n) is 8.40. The average molecular weight is 352 g/mol. The van der Waals surface area contributed by atoms with Crippen LogP contribution in [0.25, 0.3) is 11.1 Å². The maximum atomic E-state index is 13.0. The van der Waals surface area contributed by atoms with Crippen LogP contribution in [0.3, 0.4) is 0 Å². The van der Waals surface area contributed by atoms with Crippen LogP contribution in [0, 0.1) is 12.8 Å². The summed E-state index contributed by atoms with van der Waals surface area (Å²) in [5.74, 6) is -1.25. The van der Waals surface area contributed by atoms with E-state index in [1.807, 2.05) is 19.1 Å². The van der Waals surface area contributed by atoms with Gasteiger partial charge in [0.05, 0.1) is 0 Å². The Bertz CT molecular complexity index is 873. The van der Waals surface area contributed by atoms with Crippen molar-refractivity contribution in [1.29, 1.82) is 0 Å². The number of amides is 1. The molecule has 1 aliphatic carbocycles. The smallest absolute Gasteiger partial charge is 0.441 e. The van der Waals surface area contributed by atoms with Crippen LogP contribution in [-0.4, -0.2) is 34.6 Å². The molecule has 1 aromatic heterocycles. The quantitative estimate of drug-likeness (QED) is 0.725. The van der Waals surface area contributed by atoms with Crippen molar-refractivity contribution in [1.82, 2.24) is 9.88 Å². The van der Waals surface area contributed by atoms with Crippen LogP contribution in [0.4, 0.5) is 13.2 Å². The standard InChI is InChI=1S/C18H19F3N2O2/c1-9-12-8-11-4-5-13-15(22-10(2)25-13)14(11)17(9,3)6-7-23(12)16(24)18(19,20)21/h4-5,9,12H,6-8H2,1-3H3/t9-,12-,17-/m1/s1. The van der Waals surface area contributed by atoms with Crippen LogP contribution >= 0.6 is 0 Å². The highest BCUT2D eigenvalue weighted by Gasteiger charge is 2.54. The van der Waals surface area contributed by atoms with Gasteiger partial charge in [-0.1, -0.05) is 19.9 Å². The largest absolute Gasteiger partial charge is 0.471 e. The van der Waals surface area contributed by atoms with Gasteiger partial charge in [-0.25, -0.2) is 4.98 Å². The molecule has 1 saturated heterocycles. The summed E-state index contributed by atoms with van der Waals surface area (Å²) in [6, 6.07) is 3.27. The fourth-order valence-corrected chi connectivity index (χ4v) is 4.67. The molecule has 0 unspecified atom stereocenters. The molecule has 1 fully saturated rings. The lowest BCUT2D eigenvalue weighted by molar-refractivity contribution is -0.192. The van der Waals surface area contributed by atoms with E-state index < -0.39 is 18.1 Å². The van der Waals surface area contributed by atoms with Gasteiger partial charge in [0, 0.05) is 24.9 Å². The number of carbonyl (C=O) groups is 1. The number of likely N-dealkylation sites (tertiary alicyclic amines) is 1. The number of piperidine rings is 1. The van der Waals surface area contributed by atoms with E-state index in [2.05, 4.69) is 11.9 Å². The van der Waals surface area contributed by atoms with Gasteiger partial charge in [0.1, 0.15) is 5.52 Å². The Morgan fingerprint density at radius 3 is 2.80 bits per heavy atom. The second-order valence-electron chi connectivity index (χ2n) is 7.40. The first-order valence-corrected chi connectivity index (χ1v) is 8.40. The highest BCUT2D eigenvalue weighted by molar-refractivity contribution is 5.84. The number of oxazole rings is 1. The lowest BCUT2D eigenvalue weighted by Gasteiger charge is -2.54. The second-order valence-corrected chi connectivity index (χ2v) is 7.40. The minimum atomic E-state index is -4.83. The fraction of sp³-hybridized carbons (Fsp3) is 0.556. The third-order valence-electron chi connectivity index (χ3n) is 6.11. The van der Waals surface area contributed by atoms with Gasteiger partial charge in [-0.15, -0.1) is 0 Å². The zero-order valence-electron chi connectivity index (χ0n) is 14.3. The zero-order valence-corrected chi connectivity index (χ0v) is 14.3. The summed E-state index contributed by atoms with van der Waals surface area (Å²) in [7, 11) is 0. The van der Waals surface area contributed by atoms with Crippen LogP contribution in [0.1, 0.15) is 37.3 Å². The van der Waals surface area contributed by atoms with E-state index in [0.29, 0.717) is 24.3 Å². The van der Waals surface area contributed by atoms with Crippen LogP contribution in [-0.2, 0) is 16.6 Å². The van der Waals surface area contributed by atoms with Crippen molar-refractivity contribution in [2.24, 2.45) is 5.92 Å². The summed E-state index contributed by atoms with van der Waals surface area (Å²) < 4.78 is 44.6. The molecule has 1 aromatic carbocycles. The maximum absolute atomic E-state index is 13.0. The molecule has 2 heterocycles. The fourth-order valence-electron chi connectivity index (χ4n) is 4.67. The van der Waals surface area contributed by atoms with Crippen molar-refractivity contribution in [3.05, 3.63) is 29.2 Å². The molecule has 0 saturated carbocycles. The summed E-state index contributed by atoms with van der Waals surface area (Å²) >= 11 is 0. The van der Waals surface area contributed by atoms with Crippen molar-refractivity contribution in [2.45, 2.75) is 51.2 Å². The lowest BCUT2D eigenvalue weighted by Crippen LogP contribution is -2.61. The van der Waals surface area contributed by atoms with E-state index in [-0.39, 0.29) is 17.9 Å². The number of carbonyl (C=O) groups excluding carboxylic acids is 1. The maximum Gasteiger partial charge on any atom is 0.471 e.